The Morgan fingerprint density at radius 3 is 1.40 bits per heavy atom. The zero-order chi connectivity index (χ0) is 55.4. The van der Waals surface area contributed by atoms with Crippen molar-refractivity contribution in [2.24, 2.45) is 0 Å². The quantitative estimate of drug-likeness (QED) is 0.173. The molecular weight excluding hydrogens is 951 g/mol. The Balaban J connectivity index is 1.27. The minimum Gasteiger partial charge on any atom is -0.507 e. The van der Waals surface area contributed by atoms with E-state index in [4.69, 9.17) is 9.97 Å². The van der Waals surface area contributed by atoms with Gasteiger partial charge in [0.1, 0.15) is 17.1 Å². The van der Waals surface area contributed by atoms with Crippen LogP contribution in [0.4, 0.5) is 0 Å². The molecule has 3 heterocycles. The molecule has 6 heteroatoms. The van der Waals surface area contributed by atoms with Crippen molar-refractivity contribution in [1.29, 1.82) is 0 Å². The van der Waals surface area contributed by atoms with Gasteiger partial charge in [-0.05, 0) is 127 Å². The van der Waals surface area contributed by atoms with Crippen molar-refractivity contribution in [1.82, 2.24) is 23.7 Å². The van der Waals surface area contributed by atoms with E-state index in [0.717, 1.165) is 94.9 Å². The highest BCUT2D eigenvalue weighted by Crippen LogP contribution is 2.48. The maximum atomic E-state index is 12.9. The van der Waals surface area contributed by atoms with Gasteiger partial charge in [0.2, 0.25) is 0 Å². The van der Waals surface area contributed by atoms with Gasteiger partial charge in [-0.15, -0.1) is 0 Å². The second-order valence-corrected chi connectivity index (χ2v) is 26.7. The highest BCUT2D eigenvalue weighted by Gasteiger charge is 2.32. The lowest BCUT2D eigenvalue weighted by molar-refractivity contribution is 0.446. The van der Waals surface area contributed by atoms with Crippen LogP contribution in [0.15, 0.2) is 176 Å². The molecule has 0 amide bonds. The lowest BCUT2D eigenvalue weighted by atomic mass is 9.79. The number of fused-ring (bicyclic) bond motifs is 4. The first-order chi connectivity index (χ1) is 36.8. The Morgan fingerprint density at radius 2 is 0.846 bits per heavy atom. The first-order valence-corrected chi connectivity index (χ1v) is 27.7. The number of hydrogen-bond acceptors (Lipinski definition) is 3. The van der Waals surface area contributed by atoms with Gasteiger partial charge in [0.25, 0.3) is 0 Å². The van der Waals surface area contributed by atoms with E-state index in [9.17, 15) is 5.11 Å². The Hall–Kier alpha value is -7.96. The number of imidazole rings is 2. The normalized spacial score (nSPS) is 12.9. The summed E-state index contributed by atoms with van der Waals surface area (Å²) in [6, 6.07) is 63.9. The van der Waals surface area contributed by atoms with E-state index < -0.39 is 0 Å². The van der Waals surface area contributed by atoms with Gasteiger partial charge >= 0.3 is 0 Å². The molecule has 8 aromatic carbocycles. The molecule has 0 saturated carbocycles. The fraction of sp³-hybridized carbons (Fsp3) is 0.278. The van der Waals surface area contributed by atoms with E-state index in [0.29, 0.717) is 11.4 Å². The molecule has 0 bridgehead atoms. The number of para-hydroxylation sites is 3. The smallest absolute Gasteiger partial charge is 0.165 e. The van der Waals surface area contributed by atoms with Crippen LogP contribution in [-0.2, 0) is 27.1 Å². The second kappa shape index (κ2) is 18.6. The maximum absolute atomic E-state index is 12.9. The summed E-state index contributed by atoms with van der Waals surface area (Å²) in [6.45, 7) is 33.8. The van der Waals surface area contributed by atoms with Crippen LogP contribution in [0, 0.1) is 0 Å². The molecule has 0 aliphatic rings. The minimum absolute atomic E-state index is 0.0580. The van der Waals surface area contributed by atoms with E-state index in [1.807, 2.05) is 0 Å². The van der Waals surface area contributed by atoms with Gasteiger partial charge < -0.3 is 5.11 Å². The first-order valence-electron chi connectivity index (χ1n) is 27.7. The number of phenols is 1. The van der Waals surface area contributed by atoms with Crippen molar-refractivity contribution in [3.05, 3.63) is 204 Å². The first kappa shape index (κ1) is 52.1. The summed E-state index contributed by atoms with van der Waals surface area (Å²) < 4.78 is 7.07. The lowest BCUT2D eigenvalue weighted by Gasteiger charge is -2.28. The molecule has 0 fully saturated rings. The van der Waals surface area contributed by atoms with E-state index in [1.165, 1.54) is 16.7 Å². The average Bonchev–Trinajstić information content (AvgIpc) is 4.26. The van der Waals surface area contributed by atoms with Crippen LogP contribution in [-0.4, -0.2) is 28.8 Å². The molecule has 0 unspecified atom stereocenters. The summed E-state index contributed by atoms with van der Waals surface area (Å²) in [4.78, 5) is 11.5. The van der Waals surface area contributed by atoms with Gasteiger partial charge in [0.05, 0.1) is 33.5 Å². The number of nitrogens with zero attached hydrogens (tertiary/aromatic N) is 5. The van der Waals surface area contributed by atoms with E-state index in [2.05, 4.69) is 293 Å². The SMILES string of the molecule is CC(C)(C)c1cc(-c2nc3ccccc3n2-c2ccc(C(C)(C)C)cc2-c2ccccc2)cc(-n2c3ccccc3c3c2nc(-c2cc(C(C)(C)C)cc(C(C)(C)C)c2O)n3-c2ccc(C(C)(C)C)cc2-c2ccccc2)c1. The van der Waals surface area contributed by atoms with Crippen LogP contribution in [0.25, 0.3) is 95.2 Å². The monoisotopic (exact) mass is 1030 g/mol. The van der Waals surface area contributed by atoms with Crippen molar-refractivity contribution >= 4 is 33.1 Å². The molecule has 3 aromatic heterocycles. The van der Waals surface area contributed by atoms with Crippen molar-refractivity contribution in [2.45, 2.75) is 131 Å². The Morgan fingerprint density at radius 1 is 0.359 bits per heavy atom. The third-order valence-corrected chi connectivity index (χ3v) is 15.7. The number of rotatable bonds is 7. The van der Waals surface area contributed by atoms with Crippen molar-refractivity contribution in [2.75, 3.05) is 0 Å². The molecule has 394 valence electrons. The molecule has 6 nitrogen and oxygen atoms in total. The van der Waals surface area contributed by atoms with Gasteiger partial charge in [0, 0.05) is 33.3 Å². The highest BCUT2D eigenvalue weighted by molar-refractivity contribution is 6.09. The van der Waals surface area contributed by atoms with E-state index in [1.54, 1.807) is 0 Å². The molecule has 11 aromatic rings. The van der Waals surface area contributed by atoms with Gasteiger partial charge in [-0.1, -0.05) is 213 Å². The molecule has 0 aliphatic heterocycles. The summed E-state index contributed by atoms with van der Waals surface area (Å²) in [6.07, 6.45) is 0. The molecule has 0 atom stereocenters. The van der Waals surface area contributed by atoms with Crippen molar-refractivity contribution in [3.8, 4) is 67.8 Å². The van der Waals surface area contributed by atoms with Gasteiger partial charge in [-0.3, -0.25) is 13.7 Å². The number of benzene rings is 8. The largest absolute Gasteiger partial charge is 0.507 e. The molecular formula is C72H75N5O. The van der Waals surface area contributed by atoms with E-state index >= 15 is 0 Å². The fourth-order valence-corrected chi connectivity index (χ4v) is 11.1. The Bertz CT molecular complexity index is 4090. The van der Waals surface area contributed by atoms with E-state index in [-0.39, 0.29) is 32.8 Å². The number of phenolic OH excluding ortho intramolecular Hbond substituents is 1. The minimum atomic E-state index is -0.362. The zero-order valence-electron chi connectivity index (χ0n) is 48.4. The maximum Gasteiger partial charge on any atom is 0.165 e. The summed E-state index contributed by atoms with van der Waals surface area (Å²) in [7, 11) is 0. The third kappa shape index (κ3) is 9.23. The molecule has 1 N–H and O–H groups in total. The predicted molar refractivity (Wildman–Crippen MR) is 329 cm³/mol. The molecule has 0 aliphatic carbocycles. The molecule has 0 saturated heterocycles. The number of hydrogen-bond donors (Lipinski definition) is 1. The van der Waals surface area contributed by atoms with Gasteiger partial charge in [0.15, 0.2) is 11.5 Å². The van der Waals surface area contributed by atoms with Crippen LogP contribution in [0.2, 0.25) is 0 Å². The number of aromatic nitrogens is 5. The van der Waals surface area contributed by atoms with Crippen LogP contribution in [0.1, 0.15) is 132 Å². The average molecular weight is 1030 g/mol. The summed E-state index contributed by atoms with van der Waals surface area (Å²) in [5.74, 6) is 1.78. The summed E-state index contributed by atoms with van der Waals surface area (Å²) >= 11 is 0. The Labute approximate surface area is 462 Å². The van der Waals surface area contributed by atoms with Crippen LogP contribution in [0.3, 0.4) is 0 Å². The van der Waals surface area contributed by atoms with Crippen molar-refractivity contribution < 1.29 is 5.11 Å². The second-order valence-electron chi connectivity index (χ2n) is 26.7. The molecule has 0 spiro atoms. The van der Waals surface area contributed by atoms with Crippen molar-refractivity contribution in [3.63, 3.8) is 0 Å². The lowest BCUT2D eigenvalue weighted by Crippen LogP contribution is -2.17. The fourth-order valence-electron chi connectivity index (χ4n) is 11.1. The molecule has 78 heavy (non-hydrogen) atoms. The molecule has 11 rings (SSSR count). The summed E-state index contributed by atoms with van der Waals surface area (Å²) in [5.41, 5.74) is 18.6. The number of aromatic hydroxyl groups is 1. The Kier molecular flexibility index (Phi) is 12.4. The van der Waals surface area contributed by atoms with Gasteiger partial charge in [-0.2, -0.15) is 0 Å². The van der Waals surface area contributed by atoms with Crippen LogP contribution in [0.5, 0.6) is 5.75 Å². The highest BCUT2D eigenvalue weighted by atomic mass is 16.3. The molecule has 0 radical (unpaired) electrons. The van der Waals surface area contributed by atoms with Crippen LogP contribution < -0.4 is 0 Å². The zero-order valence-corrected chi connectivity index (χ0v) is 48.4. The topological polar surface area (TPSA) is 60.8 Å². The standard InChI is InChI=1S/C72H75N5O/c1-68(2,3)48-34-36-60(54(41-48)45-26-18-16-19-27-45)76-62-33-25-23-31-58(62)73-65(76)47-38-50(70(7,8)9)40-52(39-47)75-59-32-24-22-30-53(59)63-67(75)74-66(56-43-51(71(10,11)12)44-57(64(56)78)72(13,14)15)77(63)61-37-35-49(69(4,5)6)42-55(61)46-28-20-17-21-29-46/h16-44,78H,1-15H3. The predicted octanol–water partition coefficient (Wildman–Crippen LogP) is 19.2. The van der Waals surface area contributed by atoms with Gasteiger partial charge in [-0.25, -0.2) is 9.97 Å². The van der Waals surface area contributed by atoms with Crippen LogP contribution >= 0.6 is 0 Å². The third-order valence-electron chi connectivity index (χ3n) is 15.7. The summed E-state index contributed by atoms with van der Waals surface area (Å²) in [5, 5.41) is 13.9.